The minimum Gasteiger partial charge on any atom is -0.394 e. The molecule has 0 bridgehead atoms. The largest absolute Gasteiger partial charge is 0.394 e. The Bertz CT molecular complexity index is 1150. The van der Waals surface area contributed by atoms with Crippen LogP contribution in [0.3, 0.4) is 0 Å². The smallest absolute Gasteiger partial charge is 0.220 e. The van der Waals surface area contributed by atoms with Crippen LogP contribution in [0.4, 0.5) is 0 Å². The predicted octanol–water partition coefficient (Wildman–Crippen LogP) is 7.16. The fourth-order valence-corrected chi connectivity index (χ4v) is 8.88. The quantitative estimate of drug-likeness (QED) is 0.0219. The number of ether oxygens (including phenoxy) is 4. The van der Waals surface area contributed by atoms with Crippen LogP contribution < -0.4 is 5.32 Å². The lowest BCUT2D eigenvalue weighted by Crippen LogP contribution is -2.65. The number of carbonyl (C=O) groups excluding carboxylic acids is 1. The van der Waals surface area contributed by atoms with E-state index in [2.05, 4.69) is 19.2 Å². The Morgan fingerprint density at radius 1 is 0.538 bits per heavy atom. The Kier molecular flexibility index (Phi) is 35.5. The highest BCUT2D eigenvalue weighted by Gasteiger charge is 2.51. The van der Waals surface area contributed by atoms with E-state index in [1.54, 1.807) is 6.08 Å². The number of nitrogens with one attached hydrogen (secondary N) is 1. The van der Waals surface area contributed by atoms with Crippen molar-refractivity contribution in [1.82, 2.24) is 5.32 Å². The molecule has 65 heavy (non-hydrogen) atoms. The van der Waals surface area contributed by atoms with E-state index >= 15 is 0 Å². The van der Waals surface area contributed by atoms with E-state index in [0.717, 1.165) is 38.5 Å². The molecule has 14 heteroatoms. The second kappa shape index (κ2) is 38.6. The van der Waals surface area contributed by atoms with Gasteiger partial charge in [0.05, 0.1) is 32.0 Å². The van der Waals surface area contributed by atoms with Gasteiger partial charge in [-0.15, -0.1) is 0 Å². The second-order valence-electron chi connectivity index (χ2n) is 19.0. The van der Waals surface area contributed by atoms with E-state index in [0.29, 0.717) is 6.42 Å². The Morgan fingerprint density at radius 3 is 1.42 bits per heavy atom. The molecular formula is C51H97NO13. The molecule has 9 N–H and O–H groups in total. The zero-order valence-corrected chi connectivity index (χ0v) is 40.7. The van der Waals surface area contributed by atoms with Crippen molar-refractivity contribution in [2.24, 2.45) is 0 Å². The molecule has 0 aromatic rings. The van der Waals surface area contributed by atoms with Crippen molar-refractivity contribution in [2.75, 3.05) is 19.8 Å². The minimum absolute atomic E-state index is 0.237. The number of aliphatic hydroxyl groups excluding tert-OH is 8. The molecule has 2 saturated heterocycles. The lowest BCUT2D eigenvalue weighted by atomic mass is 9.97. The molecule has 14 nitrogen and oxygen atoms in total. The third-order valence-corrected chi connectivity index (χ3v) is 13.2. The number of hydrogen-bond donors (Lipinski definition) is 9. The van der Waals surface area contributed by atoms with Gasteiger partial charge in [-0.3, -0.25) is 4.79 Å². The van der Waals surface area contributed by atoms with Gasteiger partial charge in [0.15, 0.2) is 12.6 Å². The van der Waals surface area contributed by atoms with E-state index < -0.39 is 86.8 Å². The number of amides is 1. The average Bonchev–Trinajstić information content (AvgIpc) is 3.30. The molecule has 1 amide bonds. The third-order valence-electron chi connectivity index (χ3n) is 13.2. The van der Waals surface area contributed by atoms with Gasteiger partial charge in [-0.05, 0) is 19.3 Å². The molecule has 0 spiro atoms. The van der Waals surface area contributed by atoms with Gasteiger partial charge in [0, 0.05) is 6.42 Å². The molecule has 0 saturated carbocycles. The first kappa shape index (κ1) is 59.9. The maximum absolute atomic E-state index is 13.2. The van der Waals surface area contributed by atoms with Crippen LogP contribution in [-0.4, -0.2) is 140 Å². The van der Waals surface area contributed by atoms with E-state index in [4.69, 9.17) is 18.9 Å². The number of aliphatic hydroxyl groups is 8. The summed E-state index contributed by atoms with van der Waals surface area (Å²) in [5, 5.41) is 86.8. The summed E-state index contributed by atoms with van der Waals surface area (Å²) in [5.41, 5.74) is 0. The first-order valence-corrected chi connectivity index (χ1v) is 26.4. The molecule has 2 rings (SSSR count). The first-order chi connectivity index (χ1) is 31.6. The Balaban J connectivity index is 1.84. The van der Waals surface area contributed by atoms with Gasteiger partial charge in [-0.2, -0.15) is 0 Å². The highest BCUT2D eigenvalue weighted by atomic mass is 16.7. The monoisotopic (exact) mass is 932 g/mol. The molecular weight excluding hydrogens is 835 g/mol. The maximum atomic E-state index is 13.2. The summed E-state index contributed by atoms with van der Waals surface area (Å²) in [5.74, 6) is -0.237. The van der Waals surface area contributed by atoms with Crippen molar-refractivity contribution in [3.05, 3.63) is 12.2 Å². The molecule has 384 valence electrons. The highest BCUT2D eigenvalue weighted by molar-refractivity contribution is 5.76. The Morgan fingerprint density at radius 2 is 0.954 bits per heavy atom. The molecule has 2 fully saturated rings. The van der Waals surface area contributed by atoms with Crippen LogP contribution >= 0.6 is 0 Å². The van der Waals surface area contributed by atoms with Gasteiger partial charge in [0.2, 0.25) is 5.91 Å². The van der Waals surface area contributed by atoms with Gasteiger partial charge in [0.1, 0.15) is 48.8 Å². The lowest BCUT2D eigenvalue weighted by molar-refractivity contribution is -0.359. The van der Waals surface area contributed by atoms with Crippen molar-refractivity contribution in [2.45, 2.75) is 286 Å². The van der Waals surface area contributed by atoms with Crippen LogP contribution in [0.2, 0.25) is 0 Å². The summed E-state index contributed by atoms with van der Waals surface area (Å²) in [6, 6.07) is -0.907. The van der Waals surface area contributed by atoms with Gasteiger partial charge < -0.3 is 65.1 Å². The topological polar surface area (TPSA) is 228 Å². The summed E-state index contributed by atoms with van der Waals surface area (Å²) >= 11 is 0. The molecule has 12 atom stereocenters. The van der Waals surface area contributed by atoms with Crippen LogP contribution in [0.25, 0.3) is 0 Å². The van der Waals surface area contributed by atoms with E-state index in [1.807, 2.05) is 6.08 Å². The van der Waals surface area contributed by atoms with Crippen LogP contribution in [-0.2, 0) is 23.7 Å². The fourth-order valence-electron chi connectivity index (χ4n) is 8.88. The number of allylic oxidation sites excluding steroid dienone is 1. The van der Waals surface area contributed by atoms with Crippen LogP contribution in [0.1, 0.15) is 213 Å². The SMILES string of the molecule is CCCCCCCCCCCCCCCC/C=C/[C@@H](O)[C@H](CO[C@@H]1O[C@H](CO)[C@@H](O[C@@H]2O[C@H](CO)[C@H](O)C(O)C2O)C(O)C1O)NC(=O)CCCCCCCCCCCCCCCCC. The predicted molar refractivity (Wildman–Crippen MR) is 254 cm³/mol. The standard InChI is InChI=1S/C51H97NO13/c1-3-5-7-9-11-13-15-17-19-21-22-24-26-28-30-32-34-40(55)39(52-43(56)35-33-31-29-27-25-23-20-18-16-14-12-10-8-6-4-2)38-62-50-48(61)46(59)49(42(37-54)64-50)65-51-47(60)45(58)44(57)41(36-53)63-51/h32,34,39-42,44-51,53-55,57-61H,3-31,33,35-38H2,1-2H3,(H,52,56)/b34-32+/t39-,40+,41+,42+,44-,45?,46?,47?,48?,49+,50+,51-/m0/s1. The highest BCUT2D eigenvalue weighted by Crippen LogP contribution is 2.30. The van der Waals surface area contributed by atoms with Gasteiger partial charge in [0.25, 0.3) is 0 Å². The molecule has 0 aliphatic carbocycles. The van der Waals surface area contributed by atoms with Gasteiger partial charge in [-0.25, -0.2) is 0 Å². The molecule has 2 heterocycles. The fraction of sp³-hybridized carbons (Fsp3) is 0.941. The third kappa shape index (κ3) is 25.8. The minimum atomic E-state index is -1.78. The summed E-state index contributed by atoms with van der Waals surface area (Å²) in [7, 11) is 0. The molecule has 2 aliphatic heterocycles. The van der Waals surface area contributed by atoms with Crippen LogP contribution in [0.15, 0.2) is 12.2 Å². The summed E-state index contributed by atoms with van der Waals surface area (Å²) in [6.07, 6.45) is 23.8. The maximum Gasteiger partial charge on any atom is 0.220 e. The lowest BCUT2D eigenvalue weighted by Gasteiger charge is -2.46. The Hall–Kier alpha value is -1.27. The summed E-state index contributed by atoms with van der Waals surface area (Å²) in [4.78, 5) is 13.2. The van der Waals surface area contributed by atoms with Crippen molar-refractivity contribution < 1.29 is 64.6 Å². The molecule has 4 unspecified atom stereocenters. The van der Waals surface area contributed by atoms with E-state index in [-0.39, 0.29) is 18.9 Å². The zero-order valence-electron chi connectivity index (χ0n) is 40.7. The Labute approximate surface area is 393 Å². The van der Waals surface area contributed by atoms with Crippen molar-refractivity contribution >= 4 is 5.91 Å². The second-order valence-corrected chi connectivity index (χ2v) is 19.0. The molecule has 0 aromatic heterocycles. The van der Waals surface area contributed by atoms with Crippen LogP contribution in [0, 0.1) is 0 Å². The number of hydrogen-bond acceptors (Lipinski definition) is 13. The number of rotatable bonds is 41. The van der Waals surface area contributed by atoms with Crippen molar-refractivity contribution in [3.63, 3.8) is 0 Å². The number of unbranched alkanes of at least 4 members (excludes halogenated alkanes) is 28. The zero-order chi connectivity index (χ0) is 47.5. The van der Waals surface area contributed by atoms with Crippen molar-refractivity contribution in [3.8, 4) is 0 Å². The summed E-state index contributed by atoms with van der Waals surface area (Å²) in [6.45, 7) is 2.80. The summed E-state index contributed by atoms with van der Waals surface area (Å²) < 4.78 is 22.7. The normalized spacial score (nSPS) is 27.0. The van der Waals surface area contributed by atoms with Crippen molar-refractivity contribution in [1.29, 1.82) is 0 Å². The number of carbonyl (C=O) groups is 1. The average molecular weight is 932 g/mol. The van der Waals surface area contributed by atoms with Crippen LogP contribution in [0.5, 0.6) is 0 Å². The molecule has 0 radical (unpaired) electrons. The van der Waals surface area contributed by atoms with Gasteiger partial charge >= 0.3 is 0 Å². The molecule has 2 aliphatic rings. The van der Waals surface area contributed by atoms with E-state index in [9.17, 15) is 45.6 Å². The van der Waals surface area contributed by atoms with E-state index in [1.165, 1.54) is 148 Å². The molecule has 0 aromatic carbocycles. The van der Waals surface area contributed by atoms with Gasteiger partial charge in [-0.1, -0.05) is 199 Å². The first-order valence-electron chi connectivity index (χ1n) is 26.4.